The zero-order chi connectivity index (χ0) is 28.6. The number of benzene rings is 3. The summed E-state index contributed by atoms with van der Waals surface area (Å²) in [4.78, 5) is 39.7. The zero-order valence-corrected chi connectivity index (χ0v) is 23.6. The van der Waals surface area contributed by atoms with Gasteiger partial charge >= 0.3 is 6.03 Å². The number of halogens is 2. The Bertz CT molecular complexity index is 1460. The van der Waals surface area contributed by atoms with Crippen molar-refractivity contribution in [3.63, 3.8) is 0 Å². The van der Waals surface area contributed by atoms with E-state index in [2.05, 4.69) is 5.32 Å². The molecule has 0 aliphatic carbocycles. The Balaban J connectivity index is 1.56. The molecule has 10 heteroatoms. The lowest BCUT2D eigenvalue weighted by atomic mass is 10.1. The minimum absolute atomic E-state index is 0.0728. The Morgan fingerprint density at radius 2 is 1.68 bits per heavy atom. The van der Waals surface area contributed by atoms with E-state index in [1.165, 1.54) is 6.08 Å². The number of nitrogens with zero attached hydrogens (tertiary/aromatic N) is 1. The summed E-state index contributed by atoms with van der Waals surface area (Å²) in [5.41, 5.74) is 1.63. The van der Waals surface area contributed by atoms with Gasteiger partial charge in [-0.3, -0.25) is 19.8 Å². The number of para-hydroxylation sites is 1. The van der Waals surface area contributed by atoms with Crippen LogP contribution in [0.25, 0.3) is 6.08 Å². The van der Waals surface area contributed by atoms with Crippen LogP contribution in [0.1, 0.15) is 37.0 Å². The van der Waals surface area contributed by atoms with E-state index < -0.39 is 17.8 Å². The molecular formula is C30H28Cl2N2O6. The van der Waals surface area contributed by atoms with Crippen LogP contribution in [0, 0.1) is 0 Å². The number of ether oxygens (including phenoxy) is 3. The van der Waals surface area contributed by atoms with Crippen molar-refractivity contribution in [1.82, 2.24) is 10.2 Å². The average Bonchev–Trinajstić information content (AvgIpc) is 2.93. The molecule has 1 saturated heterocycles. The van der Waals surface area contributed by atoms with Crippen molar-refractivity contribution < 1.29 is 28.6 Å². The Hall–Kier alpha value is -4.01. The first-order valence-electron chi connectivity index (χ1n) is 12.7. The molecular weight excluding hydrogens is 555 g/mol. The third-order valence-electron chi connectivity index (χ3n) is 5.91. The summed E-state index contributed by atoms with van der Waals surface area (Å²) in [5, 5.41) is 3.22. The van der Waals surface area contributed by atoms with Crippen LogP contribution in [-0.2, 0) is 22.7 Å². The molecule has 3 aromatic carbocycles. The number of nitrogens with one attached hydrogen (secondary N) is 1. The lowest BCUT2D eigenvalue weighted by molar-refractivity contribution is -0.130. The monoisotopic (exact) mass is 582 g/mol. The number of barbiturate groups is 1. The highest BCUT2D eigenvalue weighted by atomic mass is 35.5. The maximum Gasteiger partial charge on any atom is 0.331 e. The first-order valence-corrected chi connectivity index (χ1v) is 13.5. The minimum Gasteiger partial charge on any atom is -0.490 e. The molecule has 0 saturated carbocycles. The fourth-order valence-corrected chi connectivity index (χ4v) is 4.41. The van der Waals surface area contributed by atoms with Gasteiger partial charge in [-0.15, -0.1) is 0 Å². The molecule has 4 rings (SSSR count). The maximum atomic E-state index is 13.4. The maximum absolute atomic E-state index is 13.4. The number of urea groups is 1. The van der Waals surface area contributed by atoms with Crippen LogP contribution in [0.3, 0.4) is 0 Å². The molecule has 4 amide bonds. The van der Waals surface area contributed by atoms with Crippen LogP contribution in [0.15, 0.2) is 66.2 Å². The van der Waals surface area contributed by atoms with Crippen LogP contribution >= 0.6 is 23.2 Å². The first kappa shape index (κ1) is 29.0. The van der Waals surface area contributed by atoms with Crippen LogP contribution in [0.4, 0.5) is 4.79 Å². The van der Waals surface area contributed by atoms with E-state index in [4.69, 9.17) is 37.4 Å². The Morgan fingerprint density at radius 3 is 2.42 bits per heavy atom. The van der Waals surface area contributed by atoms with Gasteiger partial charge in [0.15, 0.2) is 11.5 Å². The molecule has 208 valence electrons. The quantitative estimate of drug-likeness (QED) is 0.207. The summed E-state index contributed by atoms with van der Waals surface area (Å²) in [5.74, 6) is -0.00562. The molecule has 1 heterocycles. The number of amides is 4. The van der Waals surface area contributed by atoms with Gasteiger partial charge in [-0.1, -0.05) is 60.5 Å². The van der Waals surface area contributed by atoms with E-state index in [0.717, 1.165) is 11.3 Å². The van der Waals surface area contributed by atoms with Crippen molar-refractivity contribution in [3.8, 4) is 17.2 Å². The van der Waals surface area contributed by atoms with E-state index in [1.54, 1.807) is 60.7 Å². The van der Waals surface area contributed by atoms with Crippen molar-refractivity contribution in [2.24, 2.45) is 0 Å². The summed E-state index contributed by atoms with van der Waals surface area (Å²) in [6, 6.07) is 16.4. The van der Waals surface area contributed by atoms with Gasteiger partial charge < -0.3 is 14.2 Å². The third-order valence-corrected chi connectivity index (χ3v) is 6.50. The van der Waals surface area contributed by atoms with E-state index in [1.807, 2.05) is 13.8 Å². The molecule has 0 atom stereocenters. The molecule has 3 aromatic rings. The van der Waals surface area contributed by atoms with E-state index in [9.17, 15) is 14.4 Å². The van der Waals surface area contributed by atoms with Gasteiger partial charge in [0.1, 0.15) is 17.9 Å². The van der Waals surface area contributed by atoms with Crippen molar-refractivity contribution in [2.45, 2.75) is 33.4 Å². The van der Waals surface area contributed by atoms with Crippen molar-refractivity contribution in [3.05, 3.63) is 93.0 Å². The molecule has 0 spiro atoms. The smallest absolute Gasteiger partial charge is 0.331 e. The first-order chi connectivity index (χ1) is 19.3. The summed E-state index contributed by atoms with van der Waals surface area (Å²) in [6.45, 7) is 4.87. The molecule has 40 heavy (non-hydrogen) atoms. The zero-order valence-electron chi connectivity index (χ0n) is 22.0. The molecule has 0 unspecified atom stereocenters. The summed E-state index contributed by atoms with van der Waals surface area (Å²) in [7, 11) is 0. The molecule has 0 aromatic heterocycles. The molecule has 1 aliphatic heterocycles. The number of carbonyl (C=O) groups is 3. The highest BCUT2D eigenvalue weighted by molar-refractivity contribution is 6.35. The fraction of sp³-hybridized carbons (Fsp3) is 0.233. The Kier molecular flexibility index (Phi) is 9.69. The fourth-order valence-electron chi connectivity index (χ4n) is 3.95. The second kappa shape index (κ2) is 13.4. The summed E-state index contributed by atoms with van der Waals surface area (Å²) >= 11 is 12.2. The van der Waals surface area contributed by atoms with Crippen LogP contribution < -0.4 is 19.5 Å². The third kappa shape index (κ3) is 6.94. The van der Waals surface area contributed by atoms with Crippen molar-refractivity contribution in [2.75, 3.05) is 13.2 Å². The largest absolute Gasteiger partial charge is 0.490 e. The Morgan fingerprint density at radius 1 is 0.875 bits per heavy atom. The SMILES string of the molecule is CCCOc1ccc(CN2C(=O)NC(=O)/C(=C\c3ccccc3OCc3ccc(Cl)cc3Cl)C2=O)cc1OCC. The lowest BCUT2D eigenvalue weighted by Gasteiger charge is -2.27. The van der Waals surface area contributed by atoms with Crippen LogP contribution in [0.5, 0.6) is 17.2 Å². The van der Waals surface area contributed by atoms with Gasteiger partial charge in [-0.2, -0.15) is 0 Å². The number of hydrogen-bond acceptors (Lipinski definition) is 6. The van der Waals surface area contributed by atoms with Crippen LogP contribution in [0.2, 0.25) is 10.0 Å². The molecule has 1 fully saturated rings. The highest BCUT2D eigenvalue weighted by Gasteiger charge is 2.36. The summed E-state index contributed by atoms with van der Waals surface area (Å²) < 4.78 is 17.4. The molecule has 1 N–H and O–H groups in total. The highest BCUT2D eigenvalue weighted by Crippen LogP contribution is 2.30. The molecule has 1 aliphatic rings. The van der Waals surface area contributed by atoms with E-state index in [-0.39, 0.29) is 18.7 Å². The topological polar surface area (TPSA) is 94.2 Å². The van der Waals surface area contributed by atoms with E-state index >= 15 is 0 Å². The van der Waals surface area contributed by atoms with Crippen molar-refractivity contribution in [1.29, 1.82) is 0 Å². The summed E-state index contributed by atoms with van der Waals surface area (Å²) in [6.07, 6.45) is 2.24. The average molecular weight is 583 g/mol. The minimum atomic E-state index is -0.807. The molecule has 0 radical (unpaired) electrons. The van der Waals surface area contributed by atoms with Crippen LogP contribution in [-0.4, -0.2) is 36.0 Å². The Labute approximate surface area is 242 Å². The molecule has 8 nitrogen and oxygen atoms in total. The van der Waals surface area contributed by atoms with Crippen molar-refractivity contribution >= 4 is 47.1 Å². The number of imide groups is 2. The predicted molar refractivity (Wildman–Crippen MR) is 153 cm³/mol. The van der Waals surface area contributed by atoms with Gasteiger partial charge in [0.2, 0.25) is 0 Å². The number of rotatable bonds is 11. The van der Waals surface area contributed by atoms with E-state index in [0.29, 0.717) is 57.2 Å². The number of hydrogen-bond donors (Lipinski definition) is 1. The number of carbonyl (C=O) groups excluding carboxylic acids is 3. The second-order valence-electron chi connectivity index (χ2n) is 8.83. The van der Waals surface area contributed by atoms with Gasteiger partial charge in [0, 0.05) is 21.2 Å². The second-order valence-corrected chi connectivity index (χ2v) is 9.68. The normalized spacial score (nSPS) is 14.3. The van der Waals surface area contributed by atoms with Gasteiger partial charge in [-0.05, 0) is 55.3 Å². The molecule has 0 bridgehead atoms. The predicted octanol–water partition coefficient (Wildman–Crippen LogP) is 6.42. The standard InChI is InChI=1S/C30H28Cl2N2O6/c1-3-13-39-26-12-9-19(14-27(26)38-4-2)17-34-29(36)23(28(35)33-30(34)37)15-20-7-5-6-8-25(20)40-18-21-10-11-22(31)16-24(21)32/h5-12,14-16H,3-4,13,17-18H2,1-2H3,(H,33,35,37)/b23-15+. The van der Waals surface area contributed by atoms with Gasteiger partial charge in [-0.25, -0.2) is 4.79 Å². The van der Waals surface area contributed by atoms with Gasteiger partial charge in [0.05, 0.1) is 19.8 Å². The lowest BCUT2D eigenvalue weighted by Crippen LogP contribution is -2.53. The van der Waals surface area contributed by atoms with Gasteiger partial charge in [0.25, 0.3) is 11.8 Å².